The van der Waals surface area contributed by atoms with Crippen molar-refractivity contribution in [2.75, 3.05) is 32.6 Å². The van der Waals surface area contributed by atoms with Gasteiger partial charge in [-0.05, 0) is 61.7 Å². The first kappa shape index (κ1) is 26.7. The van der Waals surface area contributed by atoms with Gasteiger partial charge < -0.3 is 29.9 Å². The third kappa shape index (κ3) is 6.23. The van der Waals surface area contributed by atoms with Gasteiger partial charge in [-0.15, -0.1) is 0 Å². The average Bonchev–Trinajstić information content (AvgIpc) is 3.20. The van der Waals surface area contributed by atoms with Gasteiger partial charge >= 0.3 is 0 Å². The molecule has 0 radical (unpaired) electrons. The van der Waals surface area contributed by atoms with E-state index in [2.05, 4.69) is 10.5 Å². The third-order valence-electron chi connectivity index (χ3n) is 5.91. The Labute approximate surface area is 211 Å². The van der Waals surface area contributed by atoms with Crippen molar-refractivity contribution >= 4 is 17.5 Å². The van der Waals surface area contributed by atoms with E-state index in [1.807, 2.05) is 32.0 Å². The fourth-order valence-corrected chi connectivity index (χ4v) is 3.88. The molecule has 36 heavy (non-hydrogen) atoms. The Hall–Kier alpha value is -3.85. The number of aromatic nitrogens is 1. The standard InChI is InChI=1S/C27H34N4O5/c1-17-24(18(2)36-30-17)26(33)31(16-27(3,4)15-28)14-19-8-7-9-21(12-19)29-25(32)20-10-11-22(34-5)23(13-20)35-6/h7-13H,14-16,28H2,1-6H3,(H,29,32). The average molecular weight is 495 g/mol. The van der Waals surface area contributed by atoms with Crippen molar-refractivity contribution in [1.29, 1.82) is 0 Å². The molecular formula is C27H34N4O5. The lowest BCUT2D eigenvalue weighted by atomic mass is 9.92. The predicted molar refractivity (Wildman–Crippen MR) is 137 cm³/mol. The maximum atomic E-state index is 13.5. The number of nitrogens with zero attached hydrogens (tertiary/aromatic N) is 2. The molecule has 1 aromatic heterocycles. The fourth-order valence-electron chi connectivity index (χ4n) is 3.88. The third-order valence-corrected chi connectivity index (χ3v) is 5.91. The summed E-state index contributed by atoms with van der Waals surface area (Å²) in [5, 5.41) is 6.84. The molecule has 2 aromatic carbocycles. The lowest BCUT2D eigenvalue weighted by Gasteiger charge is -2.32. The number of nitrogens with two attached hydrogens (primary N) is 1. The quantitative estimate of drug-likeness (QED) is 0.434. The molecule has 0 aliphatic carbocycles. The molecule has 1 heterocycles. The number of carbonyl (C=O) groups is 2. The monoisotopic (exact) mass is 494 g/mol. The van der Waals surface area contributed by atoms with Gasteiger partial charge in [0.15, 0.2) is 11.5 Å². The molecule has 0 aliphatic heterocycles. The molecule has 0 fully saturated rings. The highest BCUT2D eigenvalue weighted by Gasteiger charge is 2.28. The summed E-state index contributed by atoms with van der Waals surface area (Å²) in [6.45, 7) is 8.69. The van der Waals surface area contributed by atoms with Gasteiger partial charge in [-0.1, -0.05) is 31.1 Å². The Morgan fingerprint density at radius 3 is 2.42 bits per heavy atom. The van der Waals surface area contributed by atoms with Gasteiger partial charge in [0.25, 0.3) is 11.8 Å². The zero-order valence-corrected chi connectivity index (χ0v) is 21.7. The van der Waals surface area contributed by atoms with Crippen LogP contribution in [-0.4, -0.2) is 49.2 Å². The van der Waals surface area contributed by atoms with Gasteiger partial charge in [0, 0.05) is 24.3 Å². The van der Waals surface area contributed by atoms with Gasteiger partial charge in [0.2, 0.25) is 0 Å². The summed E-state index contributed by atoms with van der Waals surface area (Å²) in [6, 6.07) is 12.4. The van der Waals surface area contributed by atoms with E-state index in [1.165, 1.54) is 14.2 Å². The van der Waals surface area contributed by atoms with Crippen LogP contribution >= 0.6 is 0 Å². The molecule has 0 saturated heterocycles. The lowest BCUT2D eigenvalue weighted by molar-refractivity contribution is 0.0670. The number of methoxy groups -OCH3 is 2. The molecule has 192 valence electrons. The topological polar surface area (TPSA) is 120 Å². The van der Waals surface area contributed by atoms with Crippen molar-refractivity contribution in [3.8, 4) is 11.5 Å². The Bertz CT molecular complexity index is 1220. The van der Waals surface area contributed by atoms with Gasteiger partial charge in [0.05, 0.1) is 19.9 Å². The Morgan fingerprint density at radius 2 is 1.81 bits per heavy atom. The Balaban J connectivity index is 1.83. The first-order valence-electron chi connectivity index (χ1n) is 11.6. The van der Waals surface area contributed by atoms with E-state index in [4.69, 9.17) is 19.7 Å². The molecule has 9 nitrogen and oxygen atoms in total. The van der Waals surface area contributed by atoms with Gasteiger partial charge in [-0.3, -0.25) is 9.59 Å². The van der Waals surface area contributed by atoms with Crippen LogP contribution in [0.4, 0.5) is 5.69 Å². The van der Waals surface area contributed by atoms with E-state index in [1.54, 1.807) is 43.0 Å². The molecule has 9 heteroatoms. The van der Waals surface area contributed by atoms with Crippen LogP contribution in [0.15, 0.2) is 47.0 Å². The number of aryl methyl sites for hydroxylation is 2. The number of nitrogens with one attached hydrogen (secondary N) is 1. The van der Waals surface area contributed by atoms with Crippen LogP contribution in [0.1, 0.15) is 51.6 Å². The highest BCUT2D eigenvalue weighted by atomic mass is 16.5. The van der Waals surface area contributed by atoms with Crippen LogP contribution in [0, 0.1) is 19.3 Å². The number of rotatable bonds is 10. The first-order valence-corrected chi connectivity index (χ1v) is 11.6. The minimum Gasteiger partial charge on any atom is -0.493 e. The highest BCUT2D eigenvalue weighted by Crippen LogP contribution is 2.28. The summed E-state index contributed by atoms with van der Waals surface area (Å²) in [6.07, 6.45) is 0. The van der Waals surface area contributed by atoms with Crippen LogP contribution in [0.2, 0.25) is 0 Å². The summed E-state index contributed by atoms with van der Waals surface area (Å²) >= 11 is 0. The lowest BCUT2D eigenvalue weighted by Crippen LogP contribution is -2.42. The van der Waals surface area contributed by atoms with Crippen molar-refractivity contribution in [3.05, 3.63) is 70.6 Å². The van der Waals surface area contributed by atoms with Crippen LogP contribution in [0.3, 0.4) is 0 Å². The zero-order chi connectivity index (χ0) is 26.5. The number of ether oxygens (including phenoxy) is 2. The minimum atomic E-state index is -0.298. The number of anilines is 1. The second kappa shape index (κ2) is 11.3. The molecule has 3 N–H and O–H groups in total. The maximum absolute atomic E-state index is 13.5. The largest absolute Gasteiger partial charge is 0.493 e. The zero-order valence-electron chi connectivity index (χ0n) is 21.7. The molecule has 0 aliphatic rings. The van der Waals surface area contributed by atoms with E-state index < -0.39 is 0 Å². The first-order chi connectivity index (χ1) is 17.1. The van der Waals surface area contributed by atoms with Crippen LogP contribution < -0.4 is 20.5 Å². The van der Waals surface area contributed by atoms with E-state index in [-0.39, 0.29) is 17.2 Å². The number of benzene rings is 2. The molecule has 0 atom stereocenters. The second-order valence-electron chi connectivity index (χ2n) is 9.45. The molecule has 2 amide bonds. The molecule has 0 unspecified atom stereocenters. The van der Waals surface area contributed by atoms with Crippen LogP contribution in [0.5, 0.6) is 11.5 Å². The van der Waals surface area contributed by atoms with E-state index >= 15 is 0 Å². The molecule has 3 rings (SSSR count). The van der Waals surface area contributed by atoms with Gasteiger partial charge in [0.1, 0.15) is 11.3 Å². The smallest absolute Gasteiger partial charge is 0.259 e. The Morgan fingerprint density at radius 1 is 1.08 bits per heavy atom. The normalized spacial score (nSPS) is 11.2. The molecule has 0 spiro atoms. The summed E-state index contributed by atoms with van der Waals surface area (Å²) in [7, 11) is 3.06. The van der Waals surface area contributed by atoms with Gasteiger partial charge in [-0.25, -0.2) is 0 Å². The summed E-state index contributed by atoms with van der Waals surface area (Å²) in [5.41, 5.74) is 8.56. The highest BCUT2D eigenvalue weighted by molar-refractivity contribution is 6.04. The second-order valence-corrected chi connectivity index (χ2v) is 9.45. The van der Waals surface area contributed by atoms with Crippen molar-refractivity contribution in [2.24, 2.45) is 11.1 Å². The molecule has 0 saturated carbocycles. The van der Waals surface area contributed by atoms with Crippen LogP contribution in [-0.2, 0) is 6.54 Å². The van der Waals surface area contributed by atoms with E-state index in [0.29, 0.717) is 59.4 Å². The van der Waals surface area contributed by atoms with E-state index in [0.717, 1.165) is 5.56 Å². The maximum Gasteiger partial charge on any atom is 0.259 e. The number of amides is 2. The SMILES string of the molecule is COc1ccc(C(=O)Nc2cccc(CN(CC(C)(C)CN)C(=O)c3c(C)noc3C)c2)cc1OC. The number of carbonyl (C=O) groups excluding carboxylic acids is 2. The summed E-state index contributed by atoms with van der Waals surface area (Å²) < 4.78 is 15.8. The summed E-state index contributed by atoms with van der Waals surface area (Å²) in [5.74, 6) is 1.02. The van der Waals surface area contributed by atoms with Gasteiger partial charge in [-0.2, -0.15) is 0 Å². The van der Waals surface area contributed by atoms with Crippen molar-refractivity contribution in [1.82, 2.24) is 10.1 Å². The predicted octanol–water partition coefficient (Wildman–Crippen LogP) is 4.19. The van der Waals surface area contributed by atoms with E-state index in [9.17, 15) is 9.59 Å². The molecular weight excluding hydrogens is 460 g/mol. The Kier molecular flexibility index (Phi) is 8.37. The fraction of sp³-hybridized carbons (Fsp3) is 0.370. The molecule has 3 aromatic rings. The van der Waals surface area contributed by atoms with Crippen molar-refractivity contribution < 1.29 is 23.6 Å². The molecule has 0 bridgehead atoms. The number of hydrogen-bond donors (Lipinski definition) is 2. The minimum absolute atomic E-state index is 0.174. The van der Waals surface area contributed by atoms with Crippen LogP contribution in [0.25, 0.3) is 0 Å². The van der Waals surface area contributed by atoms with Crippen molar-refractivity contribution in [2.45, 2.75) is 34.2 Å². The van der Waals surface area contributed by atoms with Crippen molar-refractivity contribution in [3.63, 3.8) is 0 Å². The summed E-state index contributed by atoms with van der Waals surface area (Å²) in [4.78, 5) is 28.1. The number of hydrogen-bond acceptors (Lipinski definition) is 7.